The summed E-state index contributed by atoms with van der Waals surface area (Å²) < 4.78 is 22.7. The molecule has 1 atom stereocenters. The predicted molar refractivity (Wildman–Crippen MR) is 105 cm³/mol. The Morgan fingerprint density at radius 2 is 1.79 bits per heavy atom. The van der Waals surface area contributed by atoms with Crippen LogP contribution in [0.1, 0.15) is 22.7 Å². The number of nitrogens with zero attached hydrogens (tertiary/aromatic N) is 1. The summed E-state index contributed by atoms with van der Waals surface area (Å²) >= 11 is 0. The number of carbonyl (C=O) groups excluding carboxylic acids is 2. The maximum atomic E-state index is 13.2. The van der Waals surface area contributed by atoms with Gasteiger partial charge in [-0.25, -0.2) is 14.0 Å². The largest absolute Gasteiger partial charge is 0.466 e. The molecule has 146 valence electrons. The summed E-state index contributed by atoms with van der Waals surface area (Å²) in [7, 11) is 2.45. The summed E-state index contributed by atoms with van der Waals surface area (Å²) in [5.74, 6) is 4.38. The van der Waals surface area contributed by atoms with E-state index in [0.29, 0.717) is 5.56 Å². The van der Waals surface area contributed by atoms with Crippen LogP contribution in [0.2, 0.25) is 0 Å². The average Bonchev–Trinajstić information content (AvgIpc) is 2.76. The molecule has 2 aromatic rings. The quantitative estimate of drug-likeness (QED) is 0.456. The molecule has 0 fully saturated rings. The van der Waals surface area contributed by atoms with E-state index in [1.54, 1.807) is 23.2 Å². The van der Waals surface area contributed by atoms with Gasteiger partial charge >= 0.3 is 11.9 Å². The normalized spacial score (nSPS) is 15.1. The van der Waals surface area contributed by atoms with Crippen LogP contribution >= 0.6 is 0 Å². The monoisotopic (exact) mass is 391 g/mol. The minimum atomic E-state index is -0.701. The number of halogens is 1. The summed E-state index contributed by atoms with van der Waals surface area (Å²) in [6.45, 7) is 0. The van der Waals surface area contributed by atoms with Crippen LogP contribution in [0.25, 0.3) is 6.08 Å². The molecule has 1 heterocycles. The van der Waals surface area contributed by atoms with Crippen molar-refractivity contribution in [1.82, 2.24) is 4.90 Å². The third-order valence-electron chi connectivity index (χ3n) is 4.31. The van der Waals surface area contributed by atoms with Gasteiger partial charge in [0.2, 0.25) is 0 Å². The Morgan fingerprint density at radius 1 is 1.07 bits per heavy atom. The second kappa shape index (κ2) is 8.89. The van der Waals surface area contributed by atoms with E-state index in [1.807, 2.05) is 30.3 Å². The molecule has 6 heteroatoms. The van der Waals surface area contributed by atoms with E-state index in [0.717, 1.165) is 17.2 Å². The van der Waals surface area contributed by atoms with E-state index in [-0.39, 0.29) is 11.5 Å². The van der Waals surface area contributed by atoms with E-state index in [9.17, 15) is 14.0 Å². The van der Waals surface area contributed by atoms with E-state index < -0.39 is 18.0 Å². The number of carbonyl (C=O) groups is 2. The number of esters is 2. The van der Waals surface area contributed by atoms with E-state index in [4.69, 9.17) is 4.74 Å². The van der Waals surface area contributed by atoms with Gasteiger partial charge < -0.3 is 14.4 Å². The van der Waals surface area contributed by atoms with Crippen molar-refractivity contribution in [2.24, 2.45) is 0 Å². The molecule has 1 aliphatic rings. The lowest BCUT2D eigenvalue weighted by atomic mass is 9.95. The molecule has 2 aromatic carbocycles. The van der Waals surface area contributed by atoms with Crippen molar-refractivity contribution in [2.45, 2.75) is 6.04 Å². The third kappa shape index (κ3) is 4.53. The Hall–Kier alpha value is -3.85. The zero-order valence-corrected chi connectivity index (χ0v) is 15.9. The van der Waals surface area contributed by atoms with Gasteiger partial charge in [0, 0.05) is 11.8 Å². The van der Waals surface area contributed by atoms with Crippen LogP contribution in [-0.2, 0) is 19.1 Å². The van der Waals surface area contributed by atoms with Crippen molar-refractivity contribution >= 4 is 18.0 Å². The van der Waals surface area contributed by atoms with Crippen molar-refractivity contribution in [3.05, 3.63) is 89.0 Å². The highest BCUT2D eigenvalue weighted by atomic mass is 19.1. The highest BCUT2D eigenvalue weighted by Crippen LogP contribution is 2.33. The van der Waals surface area contributed by atoms with Crippen LogP contribution in [0.15, 0.2) is 66.5 Å². The van der Waals surface area contributed by atoms with Gasteiger partial charge in [-0.05, 0) is 41.5 Å². The second-order valence-corrected chi connectivity index (χ2v) is 6.08. The van der Waals surface area contributed by atoms with E-state index in [1.165, 1.54) is 26.4 Å². The maximum Gasteiger partial charge on any atom is 0.354 e. The summed E-state index contributed by atoms with van der Waals surface area (Å²) in [6, 6.07) is 12.8. The second-order valence-electron chi connectivity index (χ2n) is 6.08. The molecule has 5 nitrogen and oxygen atoms in total. The molecule has 29 heavy (non-hydrogen) atoms. The lowest BCUT2D eigenvalue weighted by Gasteiger charge is -2.32. The van der Waals surface area contributed by atoms with Crippen molar-refractivity contribution in [3.8, 4) is 11.8 Å². The van der Waals surface area contributed by atoms with Gasteiger partial charge in [0.05, 0.1) is 20.3 Å². The fraction of sp³-hybridized carbons (Fsp3) is 0.130. The highest BCUT2D eigenvalue weighted by molar-refractivity contribution is 5.96. The first-order chi connectivity index (χ1) is 14.0. The van der Waals surface area contributed by atoms with Crippen molar-refractivity contribution in [3.63, 3.8) is 0 Å². The number of benzene rings is 2. The van der Waals surface area contributed by atoms with Crippen LogP contribution < -0.4 is 0 Å². The van der Waals surface area contributed by atoms with Crippen LogP contribution in [-0.4, -0.2) is 31.1 Å². The molecule has 0 spiro atoms. The molecule has 0 amide bonds. The summed E-state index contributed by atoms with van der Waals surface area (Å²) in [6.07, 6.45) is 4.55. The minimum absolute atomic E-state index is 0.0106. The number of fused-ring (bicyclic) bond motifs is 1. The molecule has 0 saturated heterocycles. The SMILES string of the molecule is COC(=O)/C=C(\C(=O)OC)N1C=Cc2ccccc2C1C#Cc1ccc(F)cc1. The molecule has 0 aromatic heterocycles. The lowest BCUT2D eigenvalue weighted by Crippen LogP contribution is -2.30. The zero-order chi connectivity index (χ0) is 20.8. The van der Waals surface area contributed by atoms with E-state index >= 15 is 0 Å². The van der Waals surface area contributed by atoms with Gasteiger partial charge in [0.15, 0.2) is 0 Å². The molecule has 3 rings (SSSR count). The first kappa shape index (κ1) is 19.9. The molecular weight excluding hydrogens is 373 g/mol. The van der Waals surface area contributed by atoms with Gasteiger partial charge in [-0.2, -0.15) is 0 Å². The molecule has 0 radical (unpaired) electrons. The topological polar surface area (TPSA) is 55.8 Å². The first-order valence-electron chi connectivity index (χ1n) is 8.74. The molecule has 0 saturated carbocycles. The standard InChI is InChI=1S/C23H18FNO4/c1-28-22(26)15-21(23(27)29-2)25-14-13-17-5-3-4-6-19(17)20(25)12-9-16-7-10-18(24)11-8-16/h3-8,10-11,13-15,20H,1-2H3/b21-15+. The minimum Gasteiger partial charge on any atom is -0.466 e. The third-order valence-corrected chi connectivity index (χ3v) is 4.31. The van der Waals surface area contributed by atoms with Gasteiger partial charge in [-0.3, -0.25) is 0 Å². The molecule has 1 aliphatic heterocycles. The number of methoxy groups -OCH3 is 2. The predicted octanol–water partition coefficient (Wildman–Crippen LogP) is 3.43. The number of hydrogen-bond donors (Lipinski definition) is 0. The molecule has 1 unspecified atom stereocenters. The maximum absolute atomic E-state index is 13.2. The fourth-order valence-electron chi connectivity index (χ4n) is 2.87. The average molecular weight is 391 g/mol. The van der Waals surface area contributed by atoms with E-state index in [2.05, 4.69) is 16.6 Å². The smallest absolute Gasteiger partial charge is 0.354 e. The van der Waals surface area contributed by atoms with Crippen molar-refractivity contribution in [1.29, 1.82) is 0 Å². The molecular formula is C23H18FNO4. The van der Waals surface area contributed by atoms with Gasteiger partial charge in [-0.1, -0.05) is 36.1 Å². The summed E-state index contributed by atoms with van der Waals surface area (Å²) in [4.78, 5) is 25.7. The van der Waals surface area contributed by atoms with Crippen LogP contribution in [0.4, 0.5) is 4.39 Å². The first-order valence-corrected chi connectivity index (χ1v) is 8.74. The Labute approximate surface area is 168 Å². The molecule has 0 aliphatic carbocycles. The Morgan fingerprint density at radius 3 is 2.48 bits per heavy atom. The lowest BCUT2D eigenvalue weighted by molar-refractivity contribution is -0.139. The number of hydrogen-bond acceptors (Lipinski definition) is 5. The number of ether oxygens (including phenoxy) is 2. The van der Waals surface area contributed by atoms with Crippen LogP contribution in [0.3, 0.4) is 0 Å². The van der Waals surface area contributed by atoms with Crippen LogP contribution in [0, 0.1) is 17.7 Å². The van der Waals surface area contributed by atoms with Gasteiger partial charge in [0.1, 0.15) is 17.6 Å². The van der Waals surface area contributed by atoms with Gasteiger partial charge in [0.25, 0.3) is 0 Å². The number of rotatable bonds is 3. The Kier molecular flexibility index (Phi) is 6.10. The highest BCUT2D eigenvalue weighted by Gasteiger charge is 2.29. The Balaban J connectivity index is 2.09. The Bertz CT molecular complexity index is 1040. The molecule has 0 bridgehead atoms. The molecule has 0 N–H and O–H groups in total. The van der Waals surface area contributed by atoms with Crippen molar-refractivity contribution in [2.75, 3.05) is 14.2 Å². The van der Waals surface area contributed by atoms with Gasteiger partial charge in [-0.15, -0.1) is 0 Å². The van der Waals surface area contributed by atoms with Crippen molar-refractivity contribution < 1.29 is 23.5 Å². The summed E-state index contributed by atoms with van der Waals surface area (Å²) in [5, 5.41) is 0. The fourth-order valence-corrected chi connectivity index (χ4v) is 2.87. The zero-order valence-electron chi connectivity index (χ0n) is 15.9. The summed E-state index contributed by atoms with van der Waals surface area (Å²) in [5.41, 5.74) is 2.40. The van der Waals surface area contributed by atoms with Crippen LogP contribution in [0.5, 0.6) is 0 Å².